The minimum absolute atomic E-state index is 0.0417. The molecule has 6 rings (SSSR count). The van der Waals surface area contributed by atoms with Crippen molar-refractivity contribution in [3.8, 4) is 11.3 Å². The maximum Gasteiger partial charge on any atom is 0.283 e. The van der Waals surface area contributed by atoms with E-state index in [0.717, 1.165) is 51.5 Å². The molecule has 1 atom stereocenters. The van der Waals surface area contributed by atoms with Gasteiger partial charge >= 0.3 is 0 Å². The second-order valence-corrected chi connectivity index (χ2v) is 9.03. The first-order chi connectivity index (χ1) is 14.2. The molecule has 1 aliphatic rings. The van der Waals surface area contributed by atoms with Gasteiger partial charge in [-0.15, -0.1) is 11.3 Å². The van der Waals surface area contributed by atoms with E-state index in [0.29, 0.717) is 11.6 Å². The van der Waals surface area contributed by atoms with E-state index in [-0.39, 0.29) is 5.56 Å². The average molecular weight is 398 g/mol. The molecule has 0 unspecified atom stereocenters. The van der Waals surface area contributed by atoms with Crippen molar-refractivity contribution in [3.05, 3.63) is 75.4 Å². The molecule has 0 N–H and O–H groups in total. The van der Waals surface area contributed by atoms with E-state index >= 15 is 0 Å². The Labute approximate surface area is 171 Å². The topological polar surface area (TPSA) is 47.3 Å². The van der Waals surface area contributed by atoms with Gasteiger partial charge in [0.25, 0.3) is 5.56 Å². The molecule has 1 aliphatic carbocycles. The van der Waals surface area contributed by atoms with Crippen LogP contribution < -0.4 is 5.56 Å². The zero-order chi connectivity index (χ0) is 19.5. The molecule has 3 heterocycles. The van der Waals surface area contributed by atoms with Gasteiger partial charge in [0.15, 0.2) is 5.65 Å². The lowest BCUT2D eigenvalue weighted by molar-refractivity contribution is 0.509. The van der Waals surface area contributed by atoms with Crippen molar-refractivity contribution in [2.45, 2.75) is 26.2 Å². The Hall–Kier alpha value is -3.05. The Balaban J connectivity index is 1.77. The Kier molecular flexibility index (Phi) is 3.62. The van der Waals surface area contributed by atoms with Crippen LogP contribution >= 0.6 is 11.3 Å². The van der Waals surface area contributed by atoms with Crippen LogP contribution in [-0.4, -0.2) is 14.6 Å². The number of aromatic nitrogens is 3. The van der Waals surface area contributed by atoms with Crippen LogP contribution in [0.3, 0.4) is 0 Å². The van der Waals surface area contributed by atoms with Gasteiger partial charge in [-0.05, 0) is 30.7 Å². The minimum atomic E-state index is -0.0417. The highest BCUT2D eigenvalue weighted by molar-refractivity contribution is 7.18. The van der Waals surface area contributed by atoms with Crippen LogP contribution in [0.4, 0.5) is 0 Å². The number of rotatable bonds is 1. The van der Waals surface area contributed by atoms with Crippen LogP contribution in [0.15, 0.2) is 59.4 Å². The molecule has 3 aromatic heterocycles. The third-order valence-corrected chi connectivity index (χ3v) is 7.13. The lowest BCUT2D eigenvalue weighted by atomic mass is 9.89. The molecular formula is C24H19N3OS. The number of thiophene rings is 1. The lowest BCUT2D eigenvalue weighted by Gasteiger charge is -2.17. The Morgan fingerprint density at radius 2 is 1.79 bits per heavy atom. The molecular weight excluding hydrogens is 378 g/mol. The Bertz CT molecular complexity index is 1470. The zero-order valence-electron chi connectivity index (χ0n) is 16.1. The maximum absolute atomic E-state index is 13.6. The summed E-state index contributed by atoms with van der Waals surface area (Å²) in [4.78, 5) is 20.7. The van der Waals surface area contributed by atoms with E-state index < -0.39 is 0 Å². The van der Waals surface area contributed by atoms with Crippen LogP contribution in [0, 0.1) is 5.92 Å². The summed E-state index contributed by atoms with van der Waals surface area (Å²) in [6, 6.07) is 18.1. The van der Waals surface area contributed by atoms with Crippen LogP contribution in [-0.2, 0) is 12.8 Å². The summed E-state index contributed by atoms with van der Waals surface area (Å²) >= 11 is 1.69. The molecule has 29 heavy (non-hydrogen) atoms. The number of aryl methyl sites for hydroxylation is 1. The van der Waals surface area contributed by atoms with Crippen molar-refractivity contribution < 1.29 is 0 Å². The molecule has 0 saturated carbocycles. The number of fused-ring (bicyclic) bond motifs is 6. The summed E-state index contributed by atoms with van der Waals surface area (Å²) < 4.78 is 1.53. The van der Waals surface area contributed by atoms with Crippen LogP contribution in [0.1, 0.15) is 23.8 Å². The van der Waals surface area contributed by atoms with Gasteiger partial charge < -0.3 is 0 Å². The standard InChI is InChI=1S/C24H19N3OS/c1-14-11-12-18-19(13-14)29-23-20(18)24(28)27-22(25-23)17-10-6-5-9-16(17)21(26-27)15-7-3-2-4-8-15/h2-10,14H,11-13H2,1H3/t14-/m0/s1. The molecule has 0 spiro atoms. The van der Waals surface area contributed by atoms with Gasteiger partial charge in [-0.3, -0.25) is 4.79 Å². The average Bonchev–Trinajstić information content (AvgIpc) is 3.11. The molecule has 5 heteroatoms. The molecule has 0 radical (unpaired) electrons. The summed E-state index contributed by atoms with van der Waals surface area (Å²) in [6.07, 6.45) is 3.13. The Morgan fingerprint density at radius 3 is 2.62 bits per heavy atom. The highest BCUT2D eigenvalue weighted by Gasteiger charge is 2.24. The van der Waals surface area contributed by atoms with Gasteiger partial charge in [-0.25, -0.2) is 4.98 Å². The molecule has 2 aromatic carbocycles. The minimum Gasteiger partial charge on any atom is -0.267 e. The summed E-state index contributed by atoms with van der Waals surface area (Å²) in [5, 5.41) is 7.56. The van der Waals surface area contributed by atoms with Crippen molar-refractivity contribution in [1.82, 2.24) is 14.6 Å². The summed E-state index contributed by atoms with van der Waals surface area (Å²) in [5.41, 5.74) is 3.61. The lowest BCUT2D eigenvalue weighted by Crippen LogP contribution is -2.20. The quantitative estimate of drug-likeness (QED) is 0.363. The van der Waals surface area contributed by atoms with E-state index in [4.69, 9.17) is 10.1 Å². The highest BCUT2D eigenvalue weighted by atomic mass is 32.1. The molecule has 5 aromatic rings. The molecule has 0 saturated heterocycles. The number of hydrogen-bond acceptors (Lipinski definition) is 4. The van der Waals surface area contributed by atoms with Gasteiger partial charge in [0, 0.05) is 21.2 Å². The number of benzene rings is 2. The first kappa shape index (κ1) is 16.9. The van der Waals surface area contributed by atoms with E-state index in [2.05, 4.69) is 13.0 Å². The third kappa shape index (κ3) is 2.47. The van der Waals surface area contributed by atoms with Gasteiger partial charge in [0.05, 0.1) is 11.1 Å². The van der Waals surface area contributed by atoms with E-state index in [1.165, 1.54) is 15.0 Å². The van der Waals surface area contributed by atoms with Gasteiger partial charge in [0.2, 0.25) is 0 Å². The summed E-state index contributed by atoms with van der Waals surface area (Å²) in [6.45, 7) is 2.28. The molecule has 0 fully saturated rings. The smallest absolute Gasteiger partial charge is 0.267 e. The van der Waals surface area contributed by atoms with Crippen LogP contribution in [0.2, 0.25) is 0 Å². The summed E-state index contributed by atoms with van der Waals surface area (Å²) in [5.74, 6) is 0.663. The number of nitrogens with zero attached hydrogens (tertiary/aromatic N) is 3. The van der Waals surface area contributed by atoms with Crippen molar-refractivity contribution in [3.63, 3.8) is 0 Å². The monoisotopic (exact) mass is 397 g/mol. The van der Waals surface area contributed by atoms with E-state index in [9.17, 15) is 4.79 Å². The first-order valence-electron chi connectivity index (χ1n) is 10.0. The van der Waals surface area contributed by atoms with Crippen molar-refractivity contribution >= 4 is 38.0 Å². The predicted octanol–water partition coefficient (Wildman–Crippen LogP) is 5.25. The van der Waals surface area contributed by atoms with Crippen molar-refractivity contribution in [2.75, 3.05) is 0 Å². The van der Waals surface area contributed by atoms with Gasteiger partial charge in [-0.2, -0.15) is 9.61 Å². The fraction of sp³-hybridized carbons (Fsp3) is 0.208. The molecule has 142 valence electrons. The molecule has 0 bridgehead atoms. The second-order valence-electron chi connectivity index (χ2n) is 7.94. The Morgan fingerprint density at radius 1 is 1.03 bits per heavy atom. The fourth-order valence-electron chi connectivity index (χ4n) is 4.50. The molecule has 0 amide bonds. The van der Waals surface area contributed by atoms with Gasteiger partial charge in [0.1, 0.15) is 4.83 Å². The maximum atomic E-state index is 13.6. The second kappa shape index (κ2) is 6.22. The van der Waals surface area contributed by atoms with E-state index in [1.807, 2.05) is 48.5 Å². The van der Waals surface area contributed by atoms with Crippen molar-refractivity contribution in [1.29, 1.82) is 0 Å². The van der Waals surface area contributed by atoms with E-state index in [1.54, 1.807) is 11.3 Å². The normalized spacial score (nSPS) is 16.5. The number of hydrogen-bond donors (Lipinski definition) is 0. The first-order valence-corrected chi connectivity index (χ1v) is 10.8. The molecule has 4 nitrogen and oxygen atoms in total. The zero-order valence-corrected chi connectivity index (χ0v) is 16.9. The summed E-state index contributed by atoms with van der Waals surface area (Å²) in [7, 11) is 0. The SMILES string of the molecule is C[C@H]1CCc2c(sc3nc4c5ccccc5c(-c5ccccc5)nn4c(=O)c23)C1. The largest absolute Gasteiger partial charge is 0.283 e. The van der Waals surface area contributed by atoms with Crippen LogP contribution in [0.25, 0.3) is 37.9 Å². The van der Waals surface area contributed by atoms with Crippen LogP contribution in [0.5, 0.6) is 0 Å². The van der Waals surface area contributed by atoms with Gasteiger partial charge in [-0.1, -0.05) is 61.5 Å². The fourth-order valence-corrected chi connectivity index (χ4v) is 5.87. The third-order valence-electron chi connectivity index (χ3n) is 5.98. The molecule has 0 aliphatic heterocycles. The predicted molar refractivity (Wildman–Crippen MR) is 119 cm³/mol. The van der Waals surface area contributed by atoms with Crippen molar-refractivity contribution in [2.24, 2.45) is 5.92 Å². The highest BCUT2D eigenvalue weighted by Crippen LogP contribution is 2.37.